The van der Waals surface area contributed by atoms with Crippen molar-refractivity contribution in [2.45, 2.75) is 6.42 Å². The molecule has 21 heavy (non-hydrogen) atoms. The molecule has 0 saturated heterocycles. The third-order valence-corrected chi connectivity index (χ3v) is 3.43. The van der Waals surface area contributed by atoms with E-state index in [4.69, 9.17) is 5.11 Å². The first kappa shape index (κ1) is 13.1. The molecule has 1 aromatic heterocycles. The first-order chi connectivity index (χ1) is 10.1. The Labute approximate surface area is 120 Å². The number of carboxylic acids is 1. The summed E-state index contributed by atoms with van der Waals surface area (Å²) in [6.07, 6.45) is 0.472. The zero-order chi connectivity index (χ0) is 14.8. The number of hydrogen-bond donors (Lipinski definition) is 2. The molecule has 2 aromatic carbocycles. The Morgan fingerprint density at radius 2 is 1.76 bits per heavy atom. The molecule has 0 aliphatic heterocycles. The van der Waals surface area contributed by atoms with Gasteiger partial charge in [0.15, 0.2) is 0 Å². The van der Waals surface area contributed by atoms with E-state index >= 15 is 0 Å². The van der Waals surface area contributed by atoms with Crippen molar-refractivity contribution in [2.24, 2.45) is 0 Å². The summed E-state index contributed by atoms with van der Waals surface area (Å²) in [5.74, 6) is -0.954. The van der Waals surface area contributed by atoms with Crippen LogP contribution in [0.2, 0.25) is 0 Å². The van der Waals surface area contributed by atoms with Crippen molar-refractivity contribution >= 4 is 16.9 Å². The fourth-order valence-electron chi connectivity index (χ4n) is 2.31. The largest absolute Gasteiger partial charge is 0.478 e. The van der Waals surface area contributed by atoms with Crippen LogP contribution in [0.1, 0.15) is 21.5 Å². The van der Waals surface area contributed by atoms with Crippen LogP contribution >= 0.6 is 0 Å². The highest BCUT2D eigenvalue weighted by Gasteiger charge is 2.06. The zero-order valence-electron chi connectivity index (χ0n) is 11.2. The van der Waals surface area contributed by atoms with Gasteiger partial charge in [-0.1, -0.05) is 30.3 Å². The molecule has 0 saturated carbocycles. The van der Waals surface area contributed by atoms with Crippen molar-refractivity contribution in [3.05, 3.63) is 81.6 Å². The molecule has 2 N–H and O–H groups in total. The van der Waals surface area contributed by atoms with Crippen LogP contribution < -0.4 is 5.56 Å². The number of fused-ring (bicyclic) bond motifs is 1. The number of rotatable bonds is 3. The molecule has 1 heterocycles. The van der Waals surface area contributed by atoms with Gasteiger partial charge in [-0.2, -0.15) is 0 Å². The van der Waals surface area contributed by atoms with Crippen molar-refractivity contribution < 1.29 is 9.90 Å². The molecule has 0 atom stereocenters. The van der Waals surface area contributed by atoms with Gasteiger partial charge in [0.25, 0.3) is 5.56 Å². The Morgan fingerprint density at radius 1 is 1.05 bits per heavy atom. The highest BCUT2D eigenvalue weighted by atomic mass is 16.4. The average molecular weight is 279 g/mol. The summed E-state index contributed by atoms with van der Waals surface area (Å²) in [6, 6.07) is 16.0. The summed E-state index contributed by atoms with van der Waals surface area (Å²) in [5.41, 5.74) is 2.51. The second-order valence-corrected chi connectivity index (χ2v) is 4.89. The summed E-state index contributed by atoms with van der Waals surface area (Å²) in [4.78, 5) is 25.7. The lowest BCUT2D eigenvalue weighted by atomic mass is 10.0. The van der Waals surface area contributed by atoms with E-state index in [0.29, 0.717) is 12.0 Å². The van der Waals surface area contributed by atoms with E-state index < -0.39 is 5.97 Å². The molecule has 4 nitrogen and oxygen atoms in total. The number of hydrogen-bond acceptors (Lipinski definition) is 2. The highest BCUT2D eigenvalue weighted by molar-refractivity contribution is 5.87. The Morgan fingerprint density at radius 3 is 2.48 bits per heavy atom. The fourth-order valence-corrected chi connectivity index (χ4v) is 2.31. The van der Waals surface area contributed by atoms with Crippen LogP contribution in [-0.2, 0) is 6.42 Å². The Bertz CT molecular complexity index is 863. The van der Waals surface area contributed by atoms with Crippen molar-refractivity contribution in [1.29, 1.82) is 0 Å². The monoisotopic (exact) mass is 279 g/mol. The van der Waals surface area contributed by atoms with Gasteiger partial charge >= 0.3 is 5.97 Å². The summed E-state index contributed by atoms with van der Waals surface area (Å²) < 4.78 is 0. The zero-order valence-corrected chi connectivity index (χ0v) is 11.2. The topological polar surface area (TPSA) is 70.2 Å². The first-order valence-electron chi connectivity index (χ1n) is 6.57. The number of H-pyrrole nitrogens is 1. The molecule has 3 rings (SSSR count). The van der Waals surface area contributed by atoms with E-state index in [9.17, 15) is 9.59 Å². The molecule has 0 aliphatic carbocycles. The Balaban J connectivity index is 1.95. The highest BCUT2D eigenvalue weighted by Crippen LogP contribution is 2.13. The van der Waals surface area contributed by atoms with E-state index in [1.165, 1.54) is 0 Å². The van der Waals surface area contributed by atoms with Crippen molar-refractivity contribution in [2.75, 3.05) is 0 Å². The predicted octanol–water partition coefficient (Wildman–Crippen LogP) is 2.82. The summed E-state index contributed by atoms with van der Waals surface area (Å²) >= 11 is 0. The van der Waals surface area contributed by atoms with Crippen LogP contribution in [-0.4, -0.2) is 16.1 Å². The van der Waals surface area contributed by atoms with E-state index in [2.05, 4.69) is 4.98 Å². The number of aromatic amines is 1. The minimum atomic E-state index is -0.954. The smallest absolute Gasteiger partial charge is 0.335 e. The van der Waals surface area contributed by atoms with Gasteiger partial charge in [-0.3, -0.25) is 4.79 Å². The van der Waals surface area contributed by atoms with Crippen LogP contribution in [0.15, 0.2) is 59.4 Å². The van der Waals surface area contributed by atoms with Crippen LogP contribution in [0.25, 0.3) is 10.9 Å². The van der Waals surface area contributed by atoms with Crippen molar-refractivity contribution in [1.82, 2.24) is 4.98 Å². The standard InChI is InChI=1S/C17H13NO3/c19-16-14(10-13-3-1-2-4-15(13)18-16)9-11-5-7-12(8-6-11)17(20)21/h1-8,10H,9H2,(H,18,19)(H,20,21). The maximum absolute atomic E-state index is 12.1. The summed E-state index contributed by atoms with van der Waals surface area (Å²) in [5, 5.41) is 9.85. The number of carboxylic acid groups (broad SMARTS) is 1. The molecule has 0 spiro atoms. The number of aromatic nitrogens is 1. The number of carbonyl (C=O) groups is 1. The van der Waals surface area contributed by atoms with Crippen LogP contribution in [0.5, 0.6) is 0 Å². The van der Waals surface area contributed by atoms with Gasteiger partial charge in [-0.05, 0) is 35.2 Å². The lowest BCUT2D eigenvalue weighted by Gasteiger charge is -2.04. The summed E-state index contributed by atoms with van der Waals surface area (Å²) in [7, 11) is 0. The maximum atomic E-state index is 12.1. The molecular weight excluding hydrogens is 266 g/mol. The van der Waals surface area contributed by atoms with Crippen LogP contribution in [0, 0.1) is 0 Å². The van der Waals surface area contributed by atoms with Gasteiger partial charge in [0.05, 0.1) is 5.56 Å². The lowest BCUT2D eigenvalue weighted by molar-refractivity contribution is 0.0697. The van der Waals surface area contributed by atoms with Gasteiger partial charge in [-0.25, -0.2) is 4.79 Å². The van der Waals surface area contributed by atoms with Gasteiger partial charge < -0.3 is 10.1 Å². The molecule has 0 bridgehead atoms. The fraction of sp³-hybridized carbons (Fsp3) is 0.0588. The SMILES string of the molecule is O=C(O)c1ccc(Cc2cc3ccccc3[nH]c2=O)cc1. The normalized spacial score (nSPS) is 10.7. The second kappa shape index (κ2) is 5.25. The van der Waals surface area contributed by atoms with Gasteiger partial charge in [0, 0.05) is 17.5 Å². The van der Waals surface area contributed by atoms with Crippen LogP contribution in [0.3, 0.4) is 0 Å². The minimum absolute atomic E-state index is 0.115. The number of pyridine rings is 1. The number of nitrogens with one attached hydrogen (secondary N) is 1. The molecule has 0 aliphatic rings. The number of para-hydroxylation sites is 1. The lowest BCUT2D eigenvalue weighted by Crippen LogP contribution is -2.12. The van der Waals surface area contributed by atoms with E-state index in [-0.39, 0.29) is 11.1 Å². The minimum Gasteiger partial charge on any atom is -0.478 e. The van der Waals surface area contributed by atoms with Crippen molar-refractivity contribution in [3.63, 3.8) is 0 Å². The van der Waals surface area contributed by atoms with Crippen LogP contribution in [0.4, 0.5) is 0 Å². The molecule has 3 aromatic rings. The molecular formula is C17H13NO3. The van der Waals surface area contributed by atoms with E-state index in [1.54, 1.807) is 24.3 Å². The van der Waals surface area contributed by atoms with Gasteiger partial charge in [0.2, 0.25) is 0 Å². The number of aromatic carboxylic acids is 1. The molecule has 0 unspecified atom stereocenters. The average Bonchev–Trinajstić information content (AvgIpc) is 2.48. The third-order valence-electron chi connectivity index (χ3n) is 3.43. The Kier molecular flexibility index (Phi) is 3.28. The Hall–Kier alpha value is -2.88. The predicted molar refractivity (Wildman–Crippen MR) is 80.8 cm³/mol. The third kappa shape index (κ3) is 2.69. The van der Waals surface area contributed by atoms with Gasteiger partial charge in [0.1, 0.15) is 0 Å². The van der Waals surface area contributed by atoms with E-state index in [0.717, 1.165) is 16.5 Å². The van der Waals surface area contributed by atoms with E-state index in [1.807, 2.05) is 30.3 Å². The first-order valence-corrected chi connectivity index (χ1v) is 6.57. The second-order valence-electron chi connectivity index (χ2n) is 4.89. The van der Waals surface area contributed by atoms with Gasteiger partial charge in [-0.15, -0.1) is 0 Å². The number of benzene rings is 2. The molecule has 0 radical (unpaired) electrons. The molecule has 0 amide bonds. The molecule has 104 valence electrons. The molecule has 0 fully saturated rings. The summed E-state index contributed by atoms with van der Waals surface area (Å²) in [6.45, 7) is 0. The maximum Gasteiger partial charge on any atom is 0.335 e. The van der Waals surface area contributed by atoms with Crippen molar-refractivity contribution in [3.8, 4) is 0 Å². The molecule has 4 heteroatoms. The quantitative estimate of drug-likeness (QED) is 0.774.